The summed E-state index contributed by atoms with van der Waals surface area (Å²) in [6.45, 7) is 0. The highest BCUT2D eigenvalue weighted by Crippen LogP contribution is 2.41. The summed E-state index contributed by atoms with van der Waals surface area (Å²) < 4.78 is 0. The van der Waals surface area contributed by atoms with Crippen molar-refractivity contribution >= 4 is 11.9 Å². The second-order valence-corrected chi connectivity index (χ2v) is 3.41. The average Bonchev–Trinajstić information content (AvgIpc) is 2.06. The zero-order valence-corrected chi connectivity index (χ0v) is 7.36. The minimum atomic E-state index is -1.49. The van der Waals surface area contributed by atoms with Crippen molar-refractivity contribution in [3.63, 3.8) is 0 Å². The molecule has 0 heterocycles. The summed E-state index contributed by atoms with van der Waals surface area (Å²) in [4.78, 5) is 22.2. The molecule has 1 aromatic carbocycles. The molecule has 1 atom stereocenters. The molecule has 1 aliphatic carbocycles. The van der Waals surface area contributed by atoms with Gasteiger partial charge in [-0.2, -0.15) is 0 Å². The van der Waals surface area contributed by atoms with Gasteiger partial charge in [0.05, 0.1) is 0 Å². The highest BCUT2D eigenvalue weighted by atomic mass is 16.4. The molecule has 0 fully saturated rings. The number of hydrogen-bond acceptors (Lipinski definition) is 2. The van der Waals surface area contributed by atoms with E-state index in [2.05, 4.69) is 0 Å². The highest BCUT2D eigenvalue weighted by molar-refractivity contribution is 6.10. The number of primary amides is 1. The van der Waals surface area contributed by atoms with Crippen LogP contribution in [0.4, 0.5) is 0 Å². The van der Waals surface area contributed by atoms with Crippen LogP contribution in [0.25, 0.3) is 0 Å². The maximum Gasteiger partial charge on any atom is 0.324 e. The average molecular weight is 191 g/mol. The van der Waals surface area contributed by atoms with Crippen LogP contribution in [0.2, 0.25) is 0 Å². The fourth-order valence-corrected chi connectivity index (χ4v) is 1.88. The molecule has 1 aliphatic rings. The fraction of sp³-hybridized carbons (Fsp3) is 0.200. The van der Waals surface area contributed by atoms with Crippen molar-refractivity contribution in [1.29, 1.82) is 0 Å². The molecule has 1 aromatic rings. The number of aliphatic carboxylic acids is 1. The van der Waals surface area contributed by atoms with Crippen LogP contribution in [0.5, 0.6) is 0 Å². The third-order valence-corrected chi connectivity index (χ3v) is 2.72. The maximum atomic E-state index is 11.1. The van der Waals surface area contributed by atoms with Gasteiger partial charge in [-0.25, -0.2) is 0 Å². The molecule has 1 unspecified atom stereocenters. The van der Waals surface area contributed by atoms with Crippen LogP contribution in [0, 0.1) is 0 Å². The minimum absolute atomic E-state index is 0.202. The summed E-state index contributed by atoms with van der Waals surface area (Å²) in [6, 6.07) is 6.96. The van der Waals surface area contributed by atoms with Gasteiger partial charge in [-0.15, -0.1) is 0 Å². The van der Waals surface area contributed by atoms with Crippen LogP contribution in [0.3, 0.4) is 0 Å². The smallest absolute Gasteiger partial charge is 0.324 e. The Bertz CT molecular complexity index is 411. The first-order chi connectivity index (χ1) is 6.59. The van der Waals surface area contributed by atoms with E-state index >= 15 is 0 Å². The molecule has 1 amide bonds. The van der Waals surface area contributed by atoms with E-state index in [0.717, 1.165) is 5.56 Å². The van der Waals surface area contributed by atoms with E-state index in [9.17, 15) is 9.59 Å². The van der Waals surface area contributed by atoms with E-state index in [1.54, 1.807) is 18.2 Å². The first-order valence-electron chi connectivity index (χ1n) is 4.20. The number of benzene rings is 1. The van der Waals surface area contributed by atoms with Gasteiger partial charge in [0.25, 0.3) is 0 Å². The van der Waals surface area contributed by atoms with Crippen molar-refractivity contribution in [1.82, 2.24) is 0 Å². The lowest BCUT2D eigenvalue weighted by Crippen LogP contribution is -2.55. The van der Waals surface area contributed by atoms with Crippen LogP contribution >= 0.6 is 0 Å². The van der Waals surface area contributed by atoms with E-state index in [-0.39, 0.29) is 6.42 Å². The molecule has 0 radical (unpaired) electrons. The molecule has 4 heteroatoms. The highest BCUT2D eigenvalue weighted by Gasteiger charge is 2.54. The second-order valence-electron chi connectivity index (χ2n) is 3.41. The molecule has 2 rings (SSSR count). The van der Waals surface area contributed by atoms with Crippen LogP contribution in [-0.4, -0.2) is 17.0 Å². The molecule has 72 valence electrons. The minimum Gasteiger partial charge on any atom is -0.480 e. The number of hydrogen-bond donors (Lipinski definition) is 2. The zero-order valence-electron chi connectivity index (χ0n) is 7.36. The lowest BCUT2D eigenvalue weighted by molar-refractivity contribution is -0.150. The van der Waals surface area contributed by atoms with Crippen LogP contribution < -0.4 is 5.73 Å². The lowest BCUT2D eigenvalue weighted by atomic mass is 9.63. The Labute approximate surface area is 80.3 Å². The SMILES string of the molecule is NC(=O)C1(C(=O)O)Cc2ccccc21. The molecule has 14 heavy (non-hydrogen) atoms. The summed E-state index contributed by atoms with van der Waals surface area (Å²) in [5.41, 5.74) is 5.05. The Balaban J connectivity index is 2.56. The predicted octanol–water partition coefficient (Wildman–Crippen LogP) is 0.0504. The molecule has 4 nitrogen and oxygen atoms in total. The van der Waals surface area contributed by atoms with E-state index in [1.165, 1.54) is 0 Å². The Morgan fingerprint density at radius 3 is 2.50 bits per heavy atom. The van der Waals surface area contributed by atoms with Gasteiger partial charge >= 0.3 is 5.97 Å². The standard InChI is InChI=1S/C10H9NO3/c11-8(12)10(9(13)14)5-6-3-1-2-4-7(6)10/h1-4H,5H2,(H2,11,12)(H,13,14). The largest absolute Gasteiger partial charge is 0.480 e. The summed E-state index contributed by atoms with van der Waals surface area (Å²) in [6.07, 6.45) is 0.202. The normalized spacial score (nSPS) is 23.4. The van der Waals surface area contributed by atoms with Gasteiger partial charge in [0.2, 0.25) is 5.91 Å². The van der Waals surface area contributed by atoms with Gasteiger partial charge < -0.3 is 10.8 Å². The van der Waals surface area contributed by atoms with E-state index in [1.807, 2.05) is 6.07 Å². The number of carboxylic acids is 1. The number of carboxylic acid groups (broad SMARTS) is 1. The number of rotatable bonds is 2. The quantitative estimate of drug-likeness (QED) is 0.648. The third-order valence-electron chi connectivity index (χ3n) is 2.72. The van der Waals surface area contributed by atoms with E-state index in [4.69, 9.17) is 10.8 Å². The molecule has 0 spiro atoms. The maximum absolute atomic E-state index is 11.1. The topological polar surface area (TPSA) is 80.4 Å². The molecule has 3 N–H and O–H groups in total. The molecule has 0 aliphatic heterocycles. The summed E-state index contributed by atoms with van der Waals surface area (Å²) >= 11 is 0. The third kappa shape index (κ3) is 0.824. The predicted molar refractivity (Wildman–Crippen MR) is 48.7 cm³/mol. The Kier molecular flexibility index (Phi) is 1.61. The summed E-state index contributed by atoms with van der Waals surface area (Å²) in [5, 5.41) is 9.00. The Morgan fingerprint density at radius 2 is 2.00 bits per heavy atom. The monoisotopic (exact) mass is 191 g/mol. The number of amides is 1. The van der Waals surface area contributed by atoms with E-state index in [0.29, 0.717) is 5.56 Å². The molecule has 0 bridgehead atoms. The number of carbonyl (C=O) groups is 2. The van der Waals surface area contributed by atoms with Crippen molar-refractivity contribution in [2.75, 3.05) is 0 Å². The van der Waals surface area contributed by atoms with Crippen molar-refractivity contribution in [3.8, 4) is 0 Å². The fourth-order valence-electron chi connectivity index (χ4n) is 1.88. The first-order valence-corrected chi connectivity index (χ1v) is 4.20. The van der Waals surface area contributed by atoms with Gasteiger partial charge in [0.15, 0.2) is 5.41 Å². The molecule has 0 aromatic heterocycles. The first kappa shape index (κ1) is 8.74. The van der Waals surface area contributed by atoms with Gasteiger partial charge in [-0.3, -0.25) is 9.59 Å². The Hall–Kier alpha value is -1.84. The Morgan fingerprint density at radius 1 is 1.36 bits per heavy atom. The van der Waals surface area contributed by atoms with Crippen LogP contribution in [-0.2, 0) is 21.4 Å². The van der Waals surface area contributed by atoms with Gasteiger partial charge in [-0.1, -0.05) is 24.3 Å². The summed E-state index contributed by atoms with van der Waals surface area (Å²) in [5.74, 6) is -1.95. The van der Waals surface area contributed by atoms with Crippen LogP contribution in [0.15, 0.2) is 24.3 Å². The molecular formula is C10H9NO3. The number of nitrogens with two attached hydrogens (primary N) is 1. The van der Waals surface area contributed by atoms with Crippen molar-refractivity contribution in [3.05, 3.63) is 35.4 Å². The lowest BCUT2D eigenvalue weighted by Gasteiger charge is -2.37. The summed E-state index contributed by atoms with van der Waals surface area (Å²) in [7, 11) is 0. The van der Waals surface area contributed by atoms with Crippen molar-refractivity contribution < 1.29 is 14.7 Å². The van der Waals surface area contributed by atoms with Crippen LogP contribution in [0.1, 0.15) is 11.1 Å². The molecular weight excluding hydrogens is 182 g/mol. The molecule has 0 saturated carbocycles. The number of fused-ring (bicyclic) bond motifs is 1. The van der Waals surface area contributed by atoms with Gasteiger partial charge in [0, 0.05) is 6.42 Å². The molecule has 0 saturated heterocycles. The van der Waals surface area contributed by atoms with Gasteiger partial charge in [-0.05, 0) is 11.1 Å². The van der Waals surface area contributed by atoms with Crippen molar-refractivity contribution in [2.45, 2.75) is 11.8 Å². The van der Waals surface area contributed by atoms with Crippen molar-refractivity contribution in [2.24, 2.45) is 5.73 Å². The van der Waals surface area contributed by atoms with Gasteiger partial charge in [0.1, 0.15) is 0 Å². The van der Waals surface area contributed by atoms with E-state index < -0.39 is 17.3 Å². The second kappa shape index (κ2) is 2.57. The number of carbonyl (C=O) groups excluding carboxylic acids is 1. The zero-order chi connectivity index (χ0) is 10.3.